The first-order valence-electron chi connectivity index (χ1n) is 9.11. The Morgan fingerprint density at radius 3 is 2.07 bits per heavy atom. The Hall–Kier alpha value is -2.48. The van der Waals surface area contributed by atoms with Gasteiger partial charge in [-0.3, -0.25) is 14.4 Å². The second-order valence-electron chi connectivity index (χ2n) is 6.38. The van der Waals surface area contributed by atoms with Crippen LogP contribution in [0.15, 0.2) is 17.0 Å². The molecule has 28 heavy (non-hydrogen) atoms. The van der Waals surface area contributed by atoms with Crippen LogP contribution in [0.1, 0.15) is 43.4 Å². The van der Waals surface area contributed by atoms with Crippen LogP contribution in [0, 0.1) is 0 Å². The predicted molar refractivity (Wildman–Crippen MR) is 107 cm³/mol. The van der Waals surface area contributed by atoms with E-state index in [1.54, 1.807) is 6.08 Å². The molecule has 1 aliphatic rings. The number of aryl methyl sites for hydroxylation is 2. The minimum absolute atomic E-state index is 0.106. The summed E-state index contributed by atoms with van der Waals surface area (Å²) in [6, 6.07) is 3.69. The number of ether oxygens (including phenoxy) is 2. The molecule has 1 aromatic rings. The maximum absolute atomic E-state index is 11.8. The third-order valence-electron chi connectivity index (χ3n) is 4.06. The molecule has 8 heteroatoms. The van der Waals surface area contributed by atoms with Gasteiger partial charge in [0.05, 0.1) is 24.0 Å². The van der Waals surface area contributed by atoms with Crippen molar-refractivity contribution in [3.8, 4) is 5.75 Å². The molecule has 0 unspecified atom stereocenters. The van der Waals surface area contributed by atoms with E-state index < -0.39 is 0 Å². The molecule has 0 aliphatic carbocycles. The van der Waals surface area contributed by atoms with Gasteiger partial charge in [0.15, 0.2) is 0 Å². The zero-order chi connectivity index (χ0) is 20.5. The molecule has 2 rings (SSSR count). The maximum atomic E-state index is 11.8. The van der Waals surface area contributed by atoms with Crippen LogP contribution in [0.4, 0.5) is 0 Å². The van der Waals surface area contributed by atoms with E-state index in [-0.39, 0.29) is 36.8 Å². The SMILES string of the molecule is CC(=O)OCCCc1cc(/C=C2\SCNC2=O)cc(CCCOC(C)=O)c1O. The molecule has 0 bridgehead atoms. The van der Waals surface area contributed by atoms with Gasteiger partial charge in [0, 0.05) is 13.8 Å². The molecule has 1 saturated heterocycles. The Labute approximate surface area is 168 Å². The van der Waals surface area contributed by atoms with Gasteiger partial charge in [0.2, 0.25) is 0 Å². The van der Waals surface area contributed by atoms with Crippen molar-refractivity contribution in [1.82, 2.24) is 5.32 Å². The number of nitrogens with one attached hydrogen (secondary N) is 1. The monoisotopic (exact) mass is 407 g/mol. The molecule has 7 nitrogen and oxygen atoms in total. The zero-order valence-electron chi connectivity index (χ0n) is 16.1. The summed E-state index contributed by atoms with van der Waals surface area (Å²) >= 11 is 1.43. The molecule has 1 aliphatic heterocycles. The number of thioether (sulfide) groups is 1. The van der Waals surface area contributed by atoms with Crippen LogP contribution in [0.5, 0.6) is 5.75 Å². The number of hydrogen-bond donors (Lipinski definition) is 2. The number of hydrogen-bond acceptors (Lipinski definition) is 7. The van der Waals surface area contributed by atoms with Crippen molar-refractivity contribution >= 4 is 35.7 Å². The van der Waals surface area contributed by atoms with Crippen molar-refractivity contribution in [3.05, 3.63) is 33.7 Å². The molecule has 2 N–H and O–H groups in total. The summed E-state index contributed by atoms with van der Waals surface area (Å²) in [5.74, 6) is -0.0359. The van der Waals surface area contributed by atoms with Crippen molar-refractivity contribution in [2.45, 2.75) is 39.5 Å². The lowest BCUT2D eigenvalue weighted by molar-refractivity contribution is -0.142. The van der Waals surface area contributed by atoms with E-state index in [1.807, 2.05) is 12.1 Å². The van der Waals surface area contributed by atoms with Crippen molar-refractivity contribution in [2.75, 3.05) is 19.1 Å². The Kier molecular flexibility index (Phi) is 8.38. The number of benzene rings is 1. The Morgan fingerprint density at radius 1 is 1.11 bits per heavy atom. The third kappa shape index (κ3) is 6.92. The zero-order valence-corrected chi connectivity index (χ0v) is 16.9. The van der Waals surface area contributed by atoms with Gasteiger partial charge in [-0.2, -0.15) is 0 Å². The molecule has 0 aromatic heterocycles. The second kappa shape index (κ2) is 10.8. The number of aromatic hydroxyl groups is 1. The third-order valence-corrected chi connectivity index (χ3v) is 4.97. The smallest absolute Gasteiger partial charge is 0.302 e. The number of carbonyl (C=O) groups excluding carboxylic acids is 3. The molecular weight excluding hydrogens is 382 g/mol. The highest BCUT2D eigenvalue weighted by Gasteiger charge is 2.17. The van der Waals surface area contributed by atoms with Gasteiger partial charge in [-0.05, 0) is 60.6 Å². The molecular formula is C20H25NO6S. The van der Waals surface area contributed by atoms with E-state index in [0.29, 0.717) is 36.5 Å². The van der Waals surface area contributed by atoms with E-state index >= 15 is 0 Å². The largest absolute Gasteiger partial charge is 0.507 e. The molecule has 0 radical (unpaired) electrons. The van der Waals surface area contributed by atoms with E-state index in [9.17, 15) is 19.5 Å². The second-order valence-corrected chi connectivity index (χ2v) is 7.40. The highest BCUT2D eigenvalue weighted by Crippen LogP contribution is 2.30. The number of phenols is 1. The standard InChI is InChI=1S/C20H25NO6S/c1-13(22)26-7-3-5-16-9-15(11-18-20(25)21-12-28-18)10-17(19(16)24)6-4-8-27-14(2)23/h9-11,24H,3-8,12H2,1-2H3,(H,21,25)/b18-11-. The predicted octanol–water partition coefficient (Wildman–Crippen LogP) is 2.55. The van der Waals surface area contributed by atoms with Gasteiger partial charge in [-0.25, -0.2) is 0 Å². The summed E-state index contributed by atoms with van der Waals surface area (Å²) in [7, 11) is 0. The van der Waals surface area contributed by atoms with Crippen molar-refractivity contribution in [3.63, 3.8) is 0 Å². The van der Waals surface area contributed by atoms with Crippen molar-refractivity contribution in [2.24, 2.45) is 0 Å². The van der Waals surface area contributed by atoms with E-state index in [4.69, 9.17) is 9.47 Å². The van der Waals surface area contributed by atoms with Crippen LogP contribution < -0.4 is 5.32 Å². The van der Waals surface area contributed by atoms with Gasteiger partial charge in [-0.15, -0.1) is 0 Å². The van der Waals surface area contributed by atoms with Crippen LogP contribution in [0.2, 0.25) is 0 Å². The maximum Gasteiger partial charge on any atom is 0.302 e. The van der Waals surface area contributed by atoms with E-state index in [0.717, 1.165) is 16.7 Å². The van der Waals surface area contributed by atoms with Crippen LogP contribution in [0.25, 0.3) is 6.08 Å². The molecule has 152 valence electrons. The Morgan fingerprint density at radius 2 is 1.64 bits per heavy atom. The normalized spacial score (nSPS) is 14.8. The van der Waals surface area contributed by atoms with Gasteiger partial charge >= 0.3 is 11.9 Å². The number of esters is 2. The number of phenolic OH excluding ortho intramolecular Hbond substituents is 1. The van der Waals surface area contributed by atoms with Crippen LogP contribution >= 0.6 is 11.8 Å². The number of carbonyl (C=O) groups is 3. The molecule has 0 saturated carbocycles. The number of amides is 1. The fourth-order valence-electron chi connectivity index (χ4n) is 2.80. The highest BCUT2D eigenvalue weighted by molar-refractivity contribution is 8.04. The molecule has 0 atom stereocenters. The van der Waals surface area contributed by atoms with Gasteiger partial charge in [0.1, 0.15) is 5.75 Å². The lowest BCUT2D eigenvalue weighted by Gasteiger charge is -2.12. The average Bonchev–Trinajstić information content (AvgIpc) is 3.03. The minimum Gasteiger partial charge on any atom is -0.507 e. The van der Waals surface area contributed by atoms with Crippen molar-refractivity contribution < 1.29 is 29.0 Å². The van der Waals surface area contributed by atoms with E-state index in [2.05, 4.69) is 5.32 Å². The first-order valence-corrected chi connectivity index (χ1v) is 10.1. The van der Waals surface area contributed by atoms with Crippen LogP contribution in [-0.2, 0) is 36.7 Å². The summed E-state index contributed by atoms with van der Waals surface area (Å²) in [6.45, 7) is 3.27. The van der Waals surface area contributed by atoms with Gasteiger partial charge in [-0.1, -0.05) is 11.8 Å². The topological polar surface area (TPSA) is 102 Å². The Balaban J connectivity index is 2.17. The lowest BCUT2D eigenvalue weighted by atomic mass is 9.97. The quantitative estimate of drug-likeness (QED) is 0.368. The summed E-state index contributed by atoms with van der Waals surface area (Å²) in [6.07, 6.45) is 4.03. The molecule has 1 amide bonds. The summed E-state index contributed by atoms with van der Waals surface area (Å²) in [5.41, 5.74) is 2.28. The summed E-state index contributed by atoms with van der Waals surface area (Å²) in [4.78, 5) is 34.2. The first kappa shape index (κ1) is 21.8. The molecule has 1 fully saturated rings. The fraction of sp³-hybridized carbons (Fsp3) is 0.450. The number of rotatable bonds is 9. The average molecular weight is 407 g/mol. The van der Waals surface area contributed by atoms with Gasteiger partial charge < -0.3 is 19.9 Å². The molecule has 1 heterocycles. The highest BCUT2D eigenvalue weighted by atomic mass is 32.2. The van der Waals surface area contributed by atoms with E-state index in [1.165, 1.54) is 25.6 Å². The first-order chi connectivity index (χ1) is 13.4. The van der Waals surface area contributed by atoms with Gasteiger partial charge in [0.25, 0.3) is 5.91 Å². The van der Waals surface area contributed by atoms with Crippen LogP contribution in [0.3, 0.4) is 0 Å². The van der Waals surface area contributed by atoms with Crippen molar-refractivity contribution in [1.29, 1.82) is 0 Å². The van der Waals surface area contributed by atoms with Crippen LogP contribution in [-0.4, -0.2) is 42.0 Å². The summed E-state index contributed by atoms with van der Waals surface area (Å²) < 4.78 is 9.90. The summed E-state index contributed by atoms with van der Waals surface area (Å²) in [5, 5.41) is 13.4. The molecule has 1 aromatic carbocycles. The molecule has 0 spiro atoms. The minimum atomic E-state index is -0.335. The fourth-order valence-corrected chi connectivity index (χ4v) is 3.58. The Bertz CT molecular complexity index is 731. The lowest BCUT2D eigenvalue weighted by Crippen LogP contribution is -2.13.